The number of hydrogen-bond donors (Lipinski definition) is 1. The predicted octanol–water partition coefficient (Wildman–Crippen LogP) is 5.71. The topological polar surface area (TPSA) is 78.8 Å². The van der Waals surface area contributed by atoms with Crippen molar-refractivity contribution in [2.24, 2.45) is 5.10 Å². The van der Waals surface area contributed by atoms with Crippen LogP contribution in [0, 0.1) is 0 Å². The number of halogens is 3. The summed E-state index contributed by atoms with van der Waals surface area (Å²) in [6.07, 6.45) is 0. The van der Waals surface area contributed by atoms with Crippen LogP contribution >= 0.6 is 35.6 Å². The summed E-state index contributed by atoms with van der Waals surface area (Å²) >= 11 is 11.9. The molecule has 3 aromatic carbocycles. The van der Waals surface area contributed by atoms with Gasteiger partial charge in [-0.3, -0.25) is 0 Å². The average molecular weight is 525 g/mol. The monoisotopic (exact) mass is 523 g/mol. The molecule has 1 aliphatic heterocycles. The minimum Gasteiger partial charge on any atom is -0.246 e. The van der Waals surface area contributed by atoms with E-state index in [1.807, 2.05) is 49.4 Å². The van der Waals surface area contributed by atoms with E-state index in [4.69, 9.17) is 23.2 Å². The van der Waals surface area contributed by atoms with Gasteiger partial charge in [0.15, 0.2) is 0 Å². The highest BCUT2D eigenvalue weighted by atomic mass is 35.5. The van der Waals surface area contributed by atoms with Gasteiger partial charge in [-0.1, -0.05) is 65.7 Å². The van der Waals surface area contributed by atoms with Crippen LogP contribution in [0.4, 0.5) is 4.79 Å². The van der Waals surface area contributed by atoms with Crippen LogP contribution in [0.3, 0.4) is 0 Å². The molecule has 6 nitrogen and oxygen atoms in total. The molecule has 0 bridgehead atoms. The van der Waals surface area contributed by atoms with Gasteiger partial charge in [0.05, 0.1) is 22.6 Å². The van der Waals surface area contributed by atoms with Gasteiger partial charge < -0.3 is 0 Å². The quantitative estimate of drug-likeness (QED) is 0.475. The van der Waals surface area contributed by atoms with Gasteiger partial charge in [0.25, 0.3) is 10.0 Å². The molecule has 0 aliphatic carbocycles. The predicted molar refractivity (Wildman–Crippen MR) is 133 cm³/mol. The number of nitrogens with one attached hydrogen (secondary N) is 1. The van der Waals surface area contributed by atoms with Crippen LogP contribution in [0.25, 0.3) is 0 Å². The number of carbonyl (C=O) groups excluding carboxylic acids is 1. The molecule has 33 heavy (non-hydrogen) atoms. The van der Waals surface area contributed by atoms with E-state index in [1.54, 1.807) is 12.1 Å². The Hall–Kier alpha value is -2.58. The zero-order valence-electron chi connectivity index (χ0n) is 17.4. The van der Waals surface area contributed by atoms with Crippen molar-refractivity contribution in [3.05, 3.63) is 100 Å². The summed E-state index contributed by atoms with van der Waals surface area (Å²) in [5, 5.41) is 6.68. The molecular weight excluding hydrogens is 505 g/mol. The molecule has 1 aliphatic rings. The fourth-order valence-corrected chi connectivity index (χ4v) is 4.85. The summed E-state index contributed by atoms with van der Waals surface area (Å²) < 4.78 is 27.5. The second-order valence-electron chi connectivity index (χ2n) is 7.33. The molecular formula is C23H20Cl3N3O3S. The second-order valence-corrected chi connectivity index (χ2v) is 9.89. The molecule has 0 radical (unpaired) electrons. The highest BCUT2D eigenvalue weighted by Crippen LogP contribution is 2.34. The summed E-state index contributed by atoms with van der Waals surface area (Å²) in [5.74, 6) is -0.249. The average Bonchev–Trinajstić information content (AvgIpc) is 3.12. The standard InChI is InChI=1S/C23H19Cl2N3O3S.ClH/c1-15-21(16-5-3-2-4-6-16)22(17-7-9-18(24)10-8-17)26-28(15)23(29)27-32(30,31)20-13-11-19(25)12-14-20;/h2-15,21H,1H3,(H,27,29);1H. The molecule has 0 spiro atoms. The first kappa shape index (κ1) is 25.1. The molecule has 0 saturated carbocycles. The first-order chi connectivity index (χ1) is 15.3. The van der Waals surface area contributed by atoms with E-state index in [0.717, 1.165) is 11.1 Å². The lowest BCUT2D eigenvalue weighted by molar-refractivity contribution is 0.193. The van der Waals surface area contributed by atoms with Crippen molar-refractivity contribution in [2.45, 2.75) is 23.8 Å². The molecule has 0 aromatic heterocycles. The number of carbonyl (C=O) groups is 1. The van der Waals surface area contributed by atoms with E-state index in [9.17, 15) is 13.2 Å². The first-order valence-corrected chi connectivity index (χ1v) is 12.0. The molecule has 1 N–H and O–H groups in total. The van der Waals surface area contributed by atoms with Crippen LogP contribution in [0.5, 0.6) is 0 Å². The number of benzene rings is 3. The lowest BCUT2D eigenvalue weighted by Crippen LogP contribution is -2.43. The fourth-order valence-electron chi connectivity index (χ4n) is 3.66. The van der Waals surface area contributed by atoms with Crippen LogP contribution in [0.15, 0.2) is 88.9 Å². The van der Waals surface area contributed by atoms with E-state index in [0.29, 0.717) is 15.8 Å². The Balaban J connectivity index is 0.00000306. The zero-order chi connectivity index (χ0) is 22.9. The van der Waals surface area contributed by atoms with Gasteiger partial charge in [0.2, 0.25) is 0 Å². The number of nitrogens with zero attached hydrogens (tertiary/aromatic N) is 2. The Morgan fingerprint density at radius 3 is 2.03 bits per heavy atom. The Morgan fingerprint density at radius 2 is 1.45 bits per heavy atom. The molecule has 0 saturated heterocycles. The van der Waals surface area contributed by atoms with Gasteiger partial charge in [-0.2, -0.15) is 5.10 Å². The summed E-state index contributed by atoms with van der Waals surface area (Å²) in [6, 6.07) is 21.1. The molecule has 2 atom stereocenters. The van der Waals surface area contributed by atoms with Gasteiger partial charge in [-0.15, -0.1) is 12.4 Å². The summed E-state index contributed by atoms with van der Waals surface area (Å²) in [7, 11) is -4.09. The largest absolute Gasteiger partial charge is 0.351 e. The van der Waals surface area contributed by atoms with Crippen molar-refractivity contribution in [1.82, 2.24) is 9.73 Å². The third-order valence-corrected chi connectivity index (χ3v) is 7.07. The van der Waals surface area contributed by atoms with Crippen molar-refractivity contribution in [3.63, 3.8) is 0 Å². The molecule has 2 amide bonds. The number of urea groups is 1. The highest BCUT2D eigenvalue weighted by molar-refractivity contribution is 7.90. The second kappa shape index (κ2) is 10.1. The van der Waals surface area contributed by atoms with Crippen LogP contribution in [-0.2, 0) is 10.0 Å². The SMILES string of the molecule is CC1C(c2ccccc2)C(c2ccc(Cl)cc2)=NN1C(=O)NS(=O)(=O)c1ccc(Cl)cc1.Cl. The minimum absolute atomic E-state index is 0. The maximum Gasteiger partial charge on any atom is 0.351 e. The number of sulfonamides is 1. The van der Waals surface area contributed by atoms with Crippen LogP contribution in [0.2, 0.25) is 10.0 Å². The lowest BCUT2D eigenvalue weighted by Gasteiger charge is -2.23. The molecule has 0 fully saturated rings. The molecule has 172 valence electrons. The third-order valence-electron chi connectivity index (χ3n) is 5.23. The highest BCUT2D eigenvalue weighted by Gasteiger charge is 2.40. The molecule has 4 rings (SSSR count). The number of hydrogen-bond acceptors (Lipinski definition) is 4. The van der Waals surface area contributed by atoms with E-state index in [1.165, 1.54) is 29.3 Å². The van der Waals surface area contributed by atoms with E-state index < -0.39 is 22.1 Å². The van der Waals surface area contributed by atoms with E-state index in [-0.39, 0.29) is 23.2 Å². The van der Waals surface area contributed by atoms with Crippen molar-refractivity contribution in [2.75, 3.05) is 0 Å². The van der Waals surface area contributed by atoms with E-state index in [2.05, 4.69) is 9.82 Å². The Labute approximate surface area is 208 Å². The zero-order valence-corrected chi connectivity index (χ0v) is 20.5. The van der Waals surface area contributed by atoms with Crippen molar-refractivity contribution < 1.29 is 13.2 Å². The molecule has 10 heteroatoms. The van der Waals surface area contributed by atoms with Gasteiger partial charge in [0.1, 0.15) is 0 Å². The van der Waals surface area contributed by atoms with Crippen molar-refractivity contribution in [3.8, 4) is 0 Å². The van der Waals surface area contributed by atoms with Crippen molar-refractivity contribution in [1.29, 1.82) is 0 Å². The molecule has 2 unspecified atom stereocenters. The van der Waals surface area contributed by atoms with Gasteiger partial charge in [-0.05, 0) is 54.4 Å². The Bertz CT molecular complexity index is 1270. The van der Waals surface area contributed by atoms with Crippen LogP contribution in [0.1, 0.15) is 24.0 Å². The Morgan fingerprint density at radius 1 is 0.909 bits per heavy atom. The van der Waals surface area contributed by atoms with Gasteiger partial charge >= 0.3 is 6.03 Å². The normalized spacial score (nSPS) is 17.8. The van der Waals surface area contributed by atoms with Gasteiger partial charge in [-0.25, -0.2) is 22.9 Å². The minimum atomic E-state index is -4.09. The number of rotatable bonds is 4. The number of hydrazone groups is 1. The summed E-state index contributed by atoms with van der Waals surface area (Å²) in [4.78, 5) is 12.9. The smallest absolute Gasteiger partial charge is 0.246 e. The first-order valence-electron chi connectivity index (χ1n) is 9.77. The summed E-state index contributed by atoms with van der Waals surface area (Å²) in [5.41, 5.74) is 2.41. The fraction of sp³-hybridized carbons (Fsp3) is 0.130. The summed E-state index contributed by atoms with van der Waals surface area (Å²) in [6.45, 7) is 1.83. The maximum absolute atomic E-state index is 13.0. The lowest BCUT2D eigenvalue weighted by atomic mass is 9.86. The van der Waals surface area contributed by atoms with Crippen LogP contribution in [-0.4, -0.2) is 31.2 Å². The molecule has 3 aromatic rings. The maximum atomic E-state index is 13.0. The third kappa shape index (κ3) is 5.33. The Kier molecular flexibility index (Phi) is 7.69. The molecule has 1 heterocycles. The number of amides is 2. The van der Waals surface area contributed by atoms with Gasteiger partial charge in [0, 0.05) is 10.0 Å². The van der Waals surface area contributed by atoms with Crippen molar-refractivity contribution >= 4 is 57.4 Å². The van der Waals surface area contributed by atoms with Crippen LogP contribution < -0.4 is 4.72 Å². The van der Waals surface area contributed by atoms with E-state index >= 15 is 0 Å².